The molecule has 0 amide bonds. The van der Waals surface area contributed by atoms with Crippen LogP contribution in [0.2, 0.25) is 5.02 Å². The average Bonchev–Trinajstić information content (AvgIpc) is 3.31. The van der Waals surface area contributed by atoms with E-state index < -0.39 is 19.1 Å². The zero-order valence-electron chi connectivity index (χ0n) is 15.2. The van der Waals surface area contributed by atoms with Crippen LogP contribution in [0.5, 0.6) is 0 Å². The van der Waals surface area contributed by atoms with Crippen molar-refractivity contribution in [3.8, 4) is 22.5 Å². The fraction of sp³-hybridized carbons (Fsp3) is 0.222. The molecule has 0 bridgehead atoms. The summed E-state index contributed by atoms with van der Waals surface area (Å²) in [6.07, 6.45) is 2.27. The molecule has 0 fully saturated rings. The summed E-state index contributed by atoms with van der Waals surface area (Å²) in [6, 6.07) is 5.65. The van der Waals surface area contributed by atoms with Gasteiger partial charge in [0.1, 0.15) is 11.7 Å². The molecular weight excluding hydrogens is 404 g/mol. The second-order valence-electron chi connectivity index (χ2n) is 6.36. The van der Waals surface area contributed by atoms with Gasteiger partial charge in [-0.05, 0) is 12.1 Å². The van der Waals surface area contributed by atoms with Gasteiger partial charge in [-0.25, -0.2) is 18.3 Å². The van der Waals surface area contributed by atoms with Crippen molar-refractivity contribution >= 4 is 23.2 Å². The van der Waals surface area contributed by atoms with Gasteiger partial charge in [0.15, 0.2) is 5.65 Å². The molecule has 1 atom stereocenters. The van der Waals surface area contributed by atoms with E-state index in [1.807, 2.05) is 12.1 Å². The Morgan fingerprint density at radius 2 is 1.90 bits per heavy atom. The van der Waals surface area contributed by atoms with Gasteiger partial charge >= 0.3 is 0 Å². The third kappa shape index (κ3) is 3.89. The third-order valence-electron chi connectivity index (χ3n) is 4.25. The summed E-state index contributed by atoms with van der Waals surface area (Å²) < 4.78 is 29.1. The lowest BCUT2D eigenvalue weighted by molar-refractivity contribution is 0.0923. The fourth-order valence-electron chi connectivity index (χ4n) is 2.80. The maximum absolute atomic E-state index is 13.0. The van der Waals surface area contributed by atoms with E-state index in [0.29, 0.717) is 27.6 Å². The summed E-state index contributed by atoms with van der Waals surface area (Å²) >= 11 is 5.97. The molecule has 3 aromatic heterocycles. The van der Waals surface area contributed by atoms with Gasteiger partial charge in [-0.3, -0.25) is 4.68 Å². The number of anilines is 1. The molecule has 2 N–H and O–H groups in total. The molecule has 4 rings (SSSR count). The molecule has 150 valence electrons. The molecule has 0 aliphatic rings. The van der Waals surface area contributed by atoms with Crippen LogP contribution in [0.25, 0.3) is 28.2 Å². The number of hydrogen-bond acceptors (Lipinski definition) is 6. The van der Waals surface area contributed by atoms with Gasteiger partial charge in [0.2, 0.25) is 5.95 Å². The molecule has 0 aliphatic heterocycles. The van der Waals surface area contributed by atoms with Crippen LogP contribution >= 0.6 is 11.6 Å². The van der Waals surface area contributed by atoms with Gasteiger partial charge in [-0.2, -0.15) is 10.1 Å². The number of benzene rings is 1. The van der Waals surface area contributed by atoms with E-state index in [-0.39, 0.29) is 5.95 Å². The minimum absolute atomic E-state index is 0.0375. The smallest absolute Gasteiger partial charge is 0.260 e. The zero-order valence-corrected chi connectivity index (χ0v) is 15.9. The van der Waals surface area contributed by atoms with E-state index in [1.165, 1.54) is 4.52 Å². The van der Waals surface area contributed by atoms with Gasteiger partial charge in [0, 0.05) is 29.4 Å². The largest absolute Gasteiger partial charge is 0.394 e. The maximum Gasteiger partial charge on any atom is 0.260 e. The number of aromatic nitrogens is 6. The first-order chi connectivity index (χ1) is 13.9. The summed E-state index contributed by atoms with van der Waals surface area (Å²) in [5.41, 5.74) is 2.94. The van der Waals surface area contributed by atoms with Crippen LogP contribution in [0.3, 0.4) is 0 Å². The Morgan fingerprint density at radius 1 is 1.14 bits per heavy atom. The number of alkyl halides is 2. The predicted octanol–water partition coefficient (Wildman–Crippen LogP) is 2.88. The molecular formula is C18H16ClF2N7O. The number of halogens is 3. The first kappa shape index (κ1) is 19.2. The van der Waals surface area contributed by atoms with Crippen molar-refractivity contribution in [3.63, 3.8) is 0 Å². The Balaban J connectivity index is 1.85. The monoisotopic (exact) mass is 419 g/mol. The highest BCUT2D eigenvalue weighted by Crippen LogP contribution is 2.27. The minimum atomic E-state index is -2.77. The van der Waals surface area contributed by atoms with E-state index in [9.17, 15) is 8.78 Å². The lowest BCUT2D eigenvalue weighted by atomic mass is 10.1. The summed E-state index contributed by atoms with van der Waals surface area (Å²) in [4.78, 5) is 8.98. The number of rotatable bonds is 6. The second kappa shape index (κ2) is 7.72. The quantitative estimate of drug-likeness (QED) is 0.499. The highest BCUT2D eigenvalue weighted by Gasteiger charge is 2.22. The Kier molecular flexibility index (Phi) is 5.12. The van der Waals surface area contributed by atoms with Crippen molar-refractivity contribution in [2.75, 3.05) is 11.9 Å². The van der Waals surface area contributed by atoms with Crippen LogP contribution in [0, 0.1) is 0 Å². The highest BCUT2D eigenvalue weighted by atomic mass is 35.5. The molecule has 11 heteroatoms. The molecule has 0 saturated heterocycles. The Bertz CT molecular complexity index is 1140. The summed E-state index contributed by atoms with van der Waals surface area (Å²) in [7, 11) is 1.77. The highest BCUT2D eigenvalue weighted by molar-refractivity contribution is 6.30. The van der Waals surface area contributed by atoms with Gasteiger partial charge in [-0.1, -0.05) is 23.7 Å². The SMILES string of the molecule is Cn1cc(-c2nc(-c3ccc(Cl)cc3)cn3nc(N[C@H](CO)C(F)F)nc23)cn1. The molecule has 0 spiro atoms. The first-order valence-electron chi connectivity index (χ1n) is 8.62. The second-order valence-corrected chi connectivity index (χ2v) is 6.79. The van der Waals surface area contributed by atoms with Crippen LogP contribution in [-0.4, -0.2) is 53.5 Å². The molecule has 0 unspecified atom stereocenters. The molecule has 29 heavy (non-hydrogen) atoms. The first-order valence-corrected chi connectivity index (χ1v) is 9.00. The van der Waals surface area contributed by atoms with Gasteiger partial charge in [-0.15, -0.1) is 5.10 Å². The number of fused-ring (bicyclic) bond motifs is 1. The molecule has 3 heterocycles. The van der Waals surface area contributed by atoms with Gasteiger partial charge in [0.05, 0.1) is 24.7 Å². The van der Waals surface area contributed by atoms with Gasteiger partial charge in [0.25, 0.3) is 6.43 Å². The lowest BCUT2D eigenvalue weighted by Crippen LogP contribution is -2.31. The van der Waals surface area contributed by atoms with Crippen molar-refractivity contribution in [2.24, 2.45) is 7.05 Å². The standard InChI is InChI=1S/C18H16ClF2N7O/c1-27-7-11(6-22-27)15-17-25-18(24-14(9-29)16(20)21)26-28(17)8-13(23-15)10-2-4-12(19)5-3-10/h2-8,14,16,29H,9H2,1H3,(H,24,26)/t14-/m1/s1. The average molecular weight is 420 g/mol. The Labute approximate surface area is 168 Å². The van der Waals surface area contributed by atoms with Crippen LogP contribution < -0.4 is 5.32 Å². The topological polar surface area (TPSA) is 93.2 Å². The van der Waals surface area contributed by atoms with E-state index >= 15 is 0 Å². The van der Waals surface area contributed by atoms with Crippen LogP contribution in [0.15, 0.2) is 42.9 Å². The number of nitrogens with one attached hydrogen (secondary N) is 1. The number of aliphatic hydroxyl groups excluding tert-OH is 1. The van der Waals surface area contributed by atoms with Gasteiger partial charge < -0.3 is 10.4 Å². The number of nitrogens with zero attached hydrogens (tertiary/aromatic N) is 6. The number of aryl methyl sites for hydroxylation is 1. The van der Waals surface area contributed by atoms with Crippen LogP contribution in [0.4, 0.5) is 14.7 Å². The van der Waals surface area contributed by atoms with Crippen molar-refractivity contribution in [3.05, 3.63) is 47.9 Å². The Hall–Kier alpha value is -3.11. The van der Waals surface area contributed by atoms with Crippen LogP contribution in [0.1, 0.15) is 0 Å². The normalized spacial score (nSPS) is 12.6. The fourth-order valence-corrected chi connectivity index (χ4v) is 2.93. The summed E-state index contributed by atoms with van der Waals surface area (Å²) in [5, 5.41) is 20.6. The summed E-state index contributed by atoms with van der Waals surface area (Å²) in [5.74, 6) is -0.0375. The minimum Gasteiger partial charge on any atom is -0.394 e. The maximum atomic E-state index is 13.0. The van der Waals surface area contributed by atoms with E-state index in [4.69, 9.17) is 16.7 Å². The van der Waals surface area contributed by atoms with Crippen molar-refractivity contribution < 1.29 is 13.9 Å². The third-order valence-corrected chi connectivity index (χ3v) is 4.51. The molecule has 0 radical (unpaired) electrons. The number of aliphatic hydroxyl groups is 1. The molecule has 0 aliphatic carbocycles. The molecule has 0 saturated carbocycles. The van der Waals surface area contributed by atoms with E-state index in [0.717, 1.165) is 5.56 Å². The van der Waals surface area contributed by atoms with Crippen molar-refractivity contribution in [1.29, 1.82) is 0 Å². The van der Waals surface area contributed by atoms with E-state index in [2.05, 4.69) is 25.5 Å². The van der Waals surface area contributed by atoms with Crippen molar-refractivity contribution in [1.82, 2.24) is 29.4 Å². The van der Waals surface area contributed by atoms with Crippen molar-refractivity contribution in [2.45, 2.75) is 12.5 Å². The Morgan fingerprint density at radius 3 is 2.52 bits per heavy atom. The molecule has 8 nitrogen and oxygen atoms in total. The lowest BCUT2D eigenvalue weighted by Gasteiger charge is -2.12. The molecule has 4 aromatic rings. The summed E-state index contributed by atoms with van der Waals surface area (Å²) in [6.45, 7) is -0.753. The van der Waals surface area contributed by atoms with E-state index in [1.54, 1.807) is 42.5 Å². The zero-order chi connectivity index (χ0) is 20.5. The predicted molar refractivity (Wildman–Crippen MR) is 104 cm³/mol. The number of hydrogen-bond donors (Lipinski definition) is 2. The molecule has 1 aromatic carbocycles. The van der Waals surface area contributed by atoms with Crippen LogP contribution in [-0.2, 0) is 7.05 Å².